The summed E-state index contributed by atoms with van der Waals surface area (Å²) >= 11 is 0. The number of hydrogen-bond acceptors (Lipinski definition) is 3. The van der Waals surface area contributed by atoms with Crippen LogP contribution < -0.4 is 5.73 Å². The second kappa shape index (κ2) is 8.14. The Hall–Kier alpha value is -0.610. The molecule has 2 fully saturated rings. The predicted molar refractivity (Wildman–Crippen MR) is 87.1 cm³/mol. The number of nitrogens with zero attached hydrogens (tertiary/aromatic N) is 2. The molecule has 1 aliphatic heterocycles. The van der Waals surface area contributed by atoms with E-state index in [0.717, 1.165) is 51.9 Å². The Morgan fingerprint density at radius 1 is 1.24 bits per heavy atom. The van der Waals surface area contributed by atoms with Gasteiger partial charge in [0.15, 0.2) is 0 Å². The SMILES string of the molecule is CCN(CC)C1CCN(C(=O)CCC2CCCC(N)C2)C1. The molecular formula is C17H33N3O. The molecule has 0 aromatic carbocycles. The molecule has 0 aromatic heterocycles. The van der Waals surface area contributed by atoms with Crippen molar-refractivity contribution in [1.82, 2.24) is 9.80 Å². The van der Waals surface area contributed by atoms with Crippen LogP contribution in [0.2, 0.25) is 0 Å². The van der Waals surface area contributed by atoms with Crippen molar-refractivity contribution in [2.24, 2.45) is 11.7 Å². The Morgan fingerprint density at radius 3 is 2.67 bits per heavy atom. The lowest BCUT2D eigenvalue weighted by atomic mass is 9.83. The Bertz CT molecular complexity index is 330. The third-order valence-electron chi connectivity index (χ3n) is 5.43. The molecule has 4 nitrogen and oxygen atoms in total. The highest BCUT2D eigenvalue weighted by Crippen LogP contribution is 2.27. The fourth-order valence-electron chi connectivity index (χ4n) is 4.09. The number of amides is 1. The third-order valence-corrected chi connectivity index (χ3v) is 5.43. The van der Waals surface area contributed by atoms with Crippen LogP contribution in [0.1, 0.15) is 58.8 Å². The zero-order valence-corrected chi connectivity index (χ0v) is 13.9. The van der Waals surface area contributed by atoms with E-state index < -0.39 is 0 Å². The lowest BCUT2D eigenvalue weighted by Crippen LogP contribution is -2.38. The zero-order valence-electron chi connectivity index (χ0n) is 13.9. The van der Waals surface area contributed by atoms with Gasteiger partial charge in [0.2, 0.25) is 5.91 Å². The number of hydrogen-bond donors (Lipinski definition) is 1. The summed E-state index contributed by atoms with van der Waals surface area (Å²) in [6.07, 6.45) is 7.71. The Balaban J connectivity index is 1.72. The van der Waals surface area contributed by atoms with Crippen LogP contribution >= 0.6 is 0 Å². The van der Waals surface area contributed by atoms with Gasteiger partial charge in [-0.15, -0.1) is 0 Å². The van der Waals surface area contributed by atoms with E-state index in [4.69, 9.17) is 5.73 Å². The number of carbonyl (C=O) groups excluding carboxylic acids is 1. The van der Waals surface area contributed by atoms with Crippen LogP contribution in [0.25, 0.3) is 0 Å². The van der Waals surface area contributed by atoms with Gasteiger partial charge in [-0.05, 0) is 44.7 Å². The predicted octanol–water partition coefficient (Wildman–Crippen LogP) is 2.23. The quantitative estimate of drug-likeness (QED) is 0.817. The fourth-order valence-corrected chi connectivity index (χ4v) is 4.09. The molecule has 21 heavy (non-hydrogen) atoms. The third kappa shape index (κ3) is 4.68. The van der Waals surface area contributed by atoms with E-state index in [0.29, 0.717) is 23.9 Å². The summed E-state index contributed by atoms with van der Waals surface area (Å²) < 4.78 is 0. The van der Waals surface area contributed by atoms with E-state index in [9.17, 15) is 4.79 Å². The van der Waals surface area contributed by atoms with E-state index >= 15 is 0 Å². The van der Waals surface area contributed by atoms with Gasteiger partial charge in [-0.25, -0.2) is 0 Å². The minimum atomic E-state index is 0.365. The Labute approximate surface area is 130 Å². The summed E-state index contributed by atoms with van der Waals surface area (Å²) in [5, 5.41) is 0. The molecule has 3 unspecified atom stereocenters. The standard InChI is InChI=1S/C17H33N3O/c1-3-19(4-2)16-10-11-20(13-16)17(21)9-8-14-6-5-7-15(18)12-14/h14-16H,3-13,18H2,1-2H3. The van der Waals surface area contributed by atoms with Gasteiger partial charge in [0.1, 0.15) is 0 Å². The molecule has 0 bridgehead atoms. The second-order valence-electron chi connectivity index (χ2n) is 6.83. The number of likely N-dealkylation sites (N-methyl/N-ethyl adjacent to an activating group) is 1. The van der Waals surface area contributed by atoms with E-state index in [1.54, 1.807) is 0 Å². The maximum Gasteiger partial charge on any atom is 0.222 e. The van der Waals surface area contributed by atoms with Crippen LogP contribution in [0.3, 0.4) is 0 Å². The lowest BCUT2D eigenvalue weighted by molar-refractivity contribution is -0.130. The van der Waals surface area contributed by atoms with Crippen LogP contribution in [0.4, 0.5) is 0 Å². The lowest BCUT2D eigenvalue weighted by Gasteiger charge is -2.28. The first-order valence-electron chi connectivity index (χ1n) is 8.91. The van der Waals surface area contributed by atoms with E-state index in [1.165, 1.54) is 19.3 Å². The molecule has 1 heterocycles. The first kappa shape index (κ1) is 16.8. The van der Waals surface area contributed by atoms with E-state index in [-0.39, 0.29) is 0 Å². The number of carbonyl (C=O) groups is 1. The van der Waals surface area contributed by atoms with Gasteiger partial charge in [-0.1, -0.05) is 26.7 Å². The molecule has 0 radical (unpaired) electrons. The van der Waals surface area contributed by atoms with Gasteiger partial charge in [-0.3, -0.25) is 9.69 Å². The van der Waals surface area contributed by atoms with Crippen molar-refractivity contribution in [2.45, 2.75) is 70.9 Å². The fraction of sp³-hybridized carbons (Fsp3) is 0.941. The summed E-state index contributed by atoms with van der Waals surface area (Å²) in [7, 11) is 0. The van der Waals surface area contributed by atoms with Crippen LogP contribution in [-0.4, -0.2) is 54.0 Å². The van der Waals surface area contributed by atoms with Crippen molar-refractivity contribution in [2.75, 3.05) is 26.2 Å². The van der Waals surface area contributed by atoms with Gasteiger partial charge in [-0.2, -0.15) is 0 Å². The highest BCUT2D eigenvalue weighted by molar-refractivity contribution is 5.76. The summed E-state index contributed by atoms with van der Waals surface area (Å²) in [6, 6.07) is 0.949. The smallest absolute Gasteiger partial charge is 0.222 e. The molecule has 1 saturated carbocycles. The van der Waals surface area contributed by atoms with Gasteiger partial charge < -0.3 is 10.6 Å². The monoisotopic (exact) mass is 295 g/mol. The molecule has 3 atom stereocenters. The molecular weight excluding hydrogens is 262 g/mol. The minimum Gasteiger partial charge on any atom is -0.341 e. The molecule has 1 aliphatic carbocycles. The first-order valence-corrected chi connectivity index (χ1v) is 8.91. The number of likely N-dealkylation sites (tertiary alicyclic amines) is 1. The molecule has 1 amide bonds. The van der Waals surface area contributed by atoms with E-state index in [2.05, 4.69) is 23.6 Å². The average Bonchev–Trinajstić information content (AvgIpc) is 2.96. The minimum absolute atomic E-state index is 0.365. The van der Waals surface area contributed by atoms with Crippen molar-refractivity contribution in [3.63, 3.8) is 0 Å². The van der Waals surface area contributed by atoms with Gasteiger partial charge in [0.05, 0.1) is 0 Å². The molecule has 1 saturated heterocycles. The van der Waals surface area contributed by atoms with Gasteiger partial charge >= 0.3 is 0 Å². The summed E-state index contributed by atoms with van der Waals surface area (Å²) in [5.41, 5.74) is 6.03. The number of rotatable bonds is 6. The highest BCUT2D eigenvalue weighted by Gasteiger charge is 2.29. The van der Waals surface area contributed by atoms with Crippen LogP contribution in [0.5, 0.6) is 0 Å². The van der Waals surface area contributed by atoms with Crippen molar-refractivity contribution in [1.29, 1.82) is 0 Å². The maximum absolute atomic E-state index is 12.4. The molecule has 122 valence electrons. The van der Waals surface area contributed by atoms with Gasteiger partial charge in [0, 0.05) is 31.6 Å². The summed E-state index contributed by atoms with van der Waals surface area (Å²) in [5.74, 6) is 1.04. The average molecular weight is 295 g/mol. The van der Waals surface area contributed by atoms with Crippen LogP contribution in [0.15, 0.2) is 0 Å². The molecule has 4 heteroatoms. The summed E-state index contributed by atoms with van der Waals surface area (Å²) in [4.78, 5) is 17.0. The Morgan fingerprint density at radius 2 is 2.00 bits per heavy atom. The Kier molecular flexibility index (Phi) is 6.49. The molecule has 2 N–H and O–H groups in total. The highest BCUT2D eigenvalue weighted by atomic mass is 16.2. The molecule has 2 rings (SSSR count). The van der Waals surface area contributed by atoms with Crippen molar-refractivity contribution < 1.29 is 4.79 Å². The maximum atomic E-state index is 12.4. The molecule has 0 aromatic rings. The van der Waals surface area contributed by atoms with E-state index in [1.807, 2.05) is 0 Å². The number of nitrogens with two attached hydrogens (primary N) is 1. The molecule has 2 aliphatic rings. The van der Waals surface area contributed by atoms with Crippen molar-refractivity contribution in [3.05, 3.63) is 0 Å². The second-order valence-corrected chi connectivity index (χ2v) is 6.83. The zero-order chi connectivity index (χ0) is 15.2. The van der Waals surface area contributed by atoms with Gasteiger partial charge in [0.25, 0.3) is 0 Å². The van der Waals surface area contributed by atoms with Crippen LogP contribution in [0, 0.1) is 5.92 Å². The van der Waals surface area contributed by atoms with Crippen molar-refractivity contribution in [3.8, 4) is 0 Å². The normalized spacial score (nSPS) is 30.1. The van der Waals surface area contributed by atoms with Crippen LogP contribution in [-0.2, 0) is 4.79 Å². The largest absolute Gasteiger partial charge is 0.341 e. The summed E-state index contributed by atoms with van der Waals surface area (Å²) in [6.45, 7) is 8.47. The topological polar surface area (TPSA) is 49.6 Å². The van der Waals surface area contributed by atoms with Crippen molar-refractivity contribution >= 4 is 5.91 Å². The first-order chi connectivity index (χ1) is 10.1. The molecule has 0 spiro atoms.